The highest BCUT2D eigenvalue weighted by Gasteiger charge is 2.10. The molecule has 15 heavy (non-hydrogen) atoms. The molecule has 2 nitrogen and oxygen atoms in total. The van der Waals surface area contributed by atoms with Crippen LogP contribution >= 0.6 is 15.9 Å². The second-order valence-corrected chi connectivity index (χ2v) is 4.48. The van der Waals surface area contributed by atoms with Crippen LogP contribution in [0.2, 0.25) is 0 Å². The molecule has 2 aromatic rings. The molecule has 1 aromatic heterocycles. The first-order valence-electron chi connectivity index (χ1n) is 5.02. The van der Waals surface area contributed by atoms with E-state index in [0.717, 1.165) is 27.4 Å². The van der Waals surface area contributed by atoms with Crippen molar-refractivity contribution in [2.24, 2.45) is 0 Å². The topological polar surface area (TPSA) is 32.9 Å². The number of carbonyl (C=O) groups is 1. The SMILES string of the molecule is CCCC(=O)c1c[nH]c2cc(Br)ccc12. The minimum Gasteiger partial charge on any atom is -0.360 e. The second kappa shape index (κ2) is 4.19. The zero-order valence-corrected chi connectivity index (χ0v) is 10.1. The summed E-state index contributed by atoms with van der Waals surface area (Å²) in [4.78, 5) is 14.9. The van der Waals surface area contributed by atoms with Crippen LogP contribution in [-0.4, -0.2) is 10.8 Å². The Hall–Kier alpha value is -1.09. The highest BCUT2D eigenvalue weighted by molar-refractivity contribution is 9.10. The van der Waals surface area contributed by atoms with Gasteiger partial charge in [-0.1, -0.05) is 28.9 Å². The maximum absolute atomic E-state index is 11.8. The molecular weight excluding hydrogens is 254 g/mol. The van der Waals surface area contributed by atoms with Gasteiger partial charge in [0.2, 0.25) is 0 Å². The van der Waals surface area contributed by atoms with Crippen molar-refractivity contribution in [2.75, 3.05) is 0 Å². The van der Waals surface area contributed by atoms with Crippen molar-refractivity contribution < 1.29 is 4.79 Å². The fourth-order valence-corrected chi connectivity index (χ4v) is 2.05. The van der Waals surface area contributed by atoms with Crippen LogP contribution in [0.1, 0.15) is 30.1 Å². The molecule has 0 unspecified atom stereocenters. The van der Waals surface area contributed by atoms with Crippen LogP contribution in [0.3, 0.4) is 0 Å². The number of hydrogen-bond donors (Lipinski definition) is 1. The highest BCUT2D eigenvalue weighted by atomic mass is 79.9. The molecule has 0 aliphatic carbocycles. The molecule has 0 saturated carbocycles. The number of aromatic nitrogens is 1. The third-order valence-electron chi connectivity index (χ3n) is 2.42. The second-order valence-electron chi connectivity index (χ2n) is 3.57. The van der Waals surface area contributed by atoms with Crippen molar-refractivity contribution in [3.05, 3.63) is 34.4 Å². The first kappa shape index (κ1) is 10.4. The maximum Gasteiger partial charge on any atom is 0.165 e. The molecule has 0 atom stereocenters. The summed E-state index contributed by atoms with van der Waals surface area (Å²) < 4.78 is 1.02. The van der Waals surface area contributed by atoms with E-state index in [-0.39, 0.29) is 5.78 Å². The molecule has 0 saturated heterocycles. The zero-order valence-electron chi connectivity index (χ0n) is 8.51. The lowest BCUT2D eigenvalue weighted by molar-refractivity contribution is 0.0983. The molecule has 0 aliphatic heterocycles. The standard InChI is InChI=1S/C12H12BrNO/c1-2-3-12(15)10-7-14-11-6-8(13)4-5-9(10)11/h4-7,14H,2-3H2,1H3. The third kappa shape index (κ3) is 1.97. The van der Waals surface area contributed by atoms with Crippen LogP contribution in [0.4, 0.5) is 0 Å². The Bertz CT molecular complexity index is 501. The Kier molecular flexibility index (Phi) is 2.91. The summed E-state index contributed by atoms with van der Waals surface area (Å²) in [6.07, 6.45) is 3.31. The lowest BCUT2D eigenvalue weighted by atomic mass is 10.1. The lowest BCUT2D eigenvalue weighted by Crippen LogP contribution is -1.96. The first-order chi connectivity index (χ1) is 7.22. The number of Topliss-reactive ketones (excluding diaryl/α,β-unsaturated/α-hetero) is 1. The Morgan fingerprint density at radius 3 is 3.00 bits per heavy atom. The first-order valence-corrected chi connectivity index (χ1v) is 5.81. The van der Waals surface area contributed by atoms with Crippen LogP contribution in [0.15, 0.2) is 28.9 Å². The summed E-state index contributed by atoms with van der Waals surface area (Å²) >= 11 is 3.40. The van der Waals surface area contributed by atoms with Crippen LogP contribution in [-0.2, 0) is 0 Å². The molecule has 0 amide bonds. The molecule has 0 radical (unpaired) electrons. The van der Waals surface area contributed by atoms with E-state index in [1.54, 1.807) is 6.20 Å². The summed E-state index contributed by atoms with van der Waals surface area (Å²) in [5.41, 5.74) is 1.81. The summed E-state index contributed by atoms with van der Waals surface area (Å²) in [7, 11) is 0. The number of nitrogens with one attached hydrogen (secondary N) is 1. The Morgan fingerprint density at radius 2 is 2.27 bits per heavy atom. The van der Waals surface area contributed by atoms with Crippen LogP contribution < -0.4 is 0 Å². The predicted octanol–water partition coefficient (Wildman–Crippen LogP) is 3.91. The van der Waals surface area contributed by atoms with E-state index < -0.39 is 0 Å². The number of halogens is 1. The highest BCUT2D eigenvalue weighted by Crippen LogP contribution is 2.23. The molecule has 1 aromatic carbocycles. The van der Waals surface area contributed by atoms with Crippen molar-refractivity contribution in [3.63, 3.8) is 0 Å². The van der Waals surface area contributed by atoms with Gasteiger partial charge in [-0.15, -0.1) is 0 Å². The van der Waals surface area contributed by atoms with E-state index in [0.29, 0.717) is 6.42 Å². The molecule has 0 fully saturated rings. The Morgan fingerprint density at radius 1 is 1.47 bits per heavy atom. The Balaban J connectivity index is 2.49. The molecule has 3 heteroatoms. The van der Waals surface area contributed by atoms with E-state index in [1.165, 1.54) is 0 Å². The average Bonchev–Trinajstić information content (AvgIpc) is 2.60. The number of rotatable bonds is 3. The van der Waals surface area contributed by atoms with Gasteiger partial charge in [0.15, 0.2) is 5.78 Å². The van der Waals surface area contributed by atoms with Gasteiger partial charge in [-0.2, -0.15) is 0 Å². The predicted molar refractivity (Wildman–Crippen MR) is 65.2 cm³/mol. The summed E-state index contributed by atoms with van der Waals surface area (Å²) in [5, 5.41) is 1.01. The van der Waals surface area contributed by atoms with Crippen molar-refractivity contribution in [3.8, 4) is 0 Å². The number of carbonyl (C=O) groups excluding carboxylic acids is 1. The van der Waals surface area contributed by atoms with Gasteiger partial charge in [0, 0.05) is 33.6 Å². The van der Waals surface area contributed by atoms with E-state index in [2.05, 4.69) is 20.9 Å². The monoisotopic (exact) mass is 265 g/mol. The number of hydrogen-bond acceptors (Lipinski definition) is 1. The van der Waals surface area contributed by atoms with E-state index >= 15 is 0 Å². The van der Waals surface area contributed by atoms with Crippen LogP contribution in [0, 0.1) is 0 Å². The van der Waals surface area contributed by atoms with Crippen LogP contribution in [0.5, 0.6) is 0 Å². The maximum atomic E-state index is 11.8. The molecule has 78 valence electrons. The summed E-state index contributed by atoms with van der Waals surface area (Å²) in [6, 6.07) is 5.91. The number of benzene rings is 1. The van der Waals surface area contributed by atoms with E-state index in [1.807, 2.05) is 25.1 Å². The molecule has 1 heterocycles. The zero-order chi connectivity index (χ0) is 10.8. The van der Waals surface area contributed by atoms with Gasteiger partial charge >= 0.3 is 0 Å². The minimum atomic E-state index is 0.214. The van der Waals surface area contributed by atoms with Gasteiger partial charge in [-0.3, -0.25) is 4.79 Å². The van der Waals surface area contributed by atoms with Crippen molar-refractivity contribution in [2.45, 2.75) is 19.8 Å². The van der Waals surface area contributed by atoms with Crippen molar-refractivity contribution in [1.82, 2.24) is 4.98 Å². The molecule has 1 N–H and O–H groups in total. The molecule has 0 aliphatic rings. The van der Waals surface area contributed by atoms with Gasteiger partial charge < -0.3 is 4.98 Å². The number of aromatic amines is 1. The van der Waals surface area contributed by atoms with Crippen molar-refractivity contribution in [1.29, 1.82) is 0 Å². The number of H-pyrrole nitrogens is 1. The van der Waals surface area contributed by atoms with E-state index in [4.69, 9.17) is 0 Å². The average molecular weight is 266 g/mol. The minimum absolute atomic E-state index is 0.214. The smallest absolute Gasteiger partial charge is 0.165 e. The van der Waals surface area contributed by atoms with Gasteiger partial charge in [0.25, 0.3) is 0 Å². The lowest BCUT2D eigenvalue weighted by Gasteiger charge is -1.97. The quantitative estimate of drug-likeness (QED) is 0.839. The van der Waals surface area contributed by atoms with Gasteiger partial charge in [-0.25, -0.2) is 0 Å². The fourth-order valence-electron chi connectivity index (χ4n) is 1.69. The normalized spacial score (nSPS) is 10.8. The number of fused-ring (bicyclic) bond motifs is 1. The fraction of sp³-hybridized carbons (Fsp3) is 0.250. The summed E-state index contributed by atoms with van der Waals surface area (Å²) in [5.74, 6) is 0.214. The van der Waals surface area contributed by atoms with Crippen molar-refractivity contribution >= 4 is 32.6 Å². The number of ketones is 1. The third-order valence-corrected chi connectivity index (χ3v) is 2.91. The van der Waals surface area contributed by atoms with Gasteiger partial charge in [-0.05, 0) is 18.6 Å². The van der Waals surface area contributed by atoms with Gasteiger partial charge in [0.05, 0.1) is 0 Å². The molecule has 0 bridgehead atoms. The largest absolute Gasteiger partial charge is 0.360 e. The molecular formula is C12H12BrNO. The van der Waals surface area contributed by atoms with E-state index in [9.17, 15) is 4.79 Å². The molecule has 2 rings (SSSR count). The Labute approximate surface area is 96.8 Å². The summed E-state index contributed by atoms with van der Waals surface area (Å²) in [6.45, 7) is 2.02. The molecule has 0 spiro atoms. The van der Waals surface area contributed by atoms with Crippen LogP contribution in [0.25, 0.3) is 10.9 Å². The van der Waals surface area contributed by atoms with Gasteiger partial charge in [0.1, 0.15) is 0 Å².